The van der Waals surface area contributed by atoms with Gasteiger partial charge in [-0.3, -0.25) is 0 Å². The Labute approximate surface area is 141 Å². The minimum absolute atomic E-state index is 0.0357. The van der Waals surface area contributed by atoms with Crippen molar-refractivity contribution in [2.45, 2.75) is 20.0 Å². The highest BCUT2D eigenvalue weighted by atomic mass is 16.5. The zero-order valence-electron chi connectivity index (χ0n) is 14.1. The number of methoxy groups -OCH3 is 1. The van der Waals surface area contributed by atoms with Crippen LogP contribution in [0.2, 0.25) is 0 Å². The van der Waals surface area contributed by atoms with Crippen molar-refractivity contribution in [2.75, 3.05) is 7.11 Å². The topological polar surface area (TPSA) is 44.2 Å². The lowest BCUT2D eigenvalue weighted by atomic mass is 10.2. The van der Waals surface area contributed by atoms with Crippen LogP contribution in [0.1, 0.15) is 25.1 Å². The Hall–Kier alpha value is -2.88. The van der Waals surface area contributed by atoms with Gasteiger partial charge in [0.05, 0.1) is 24.2 Å². The van der Waals surface area contributed by atoms with Crippen LogP contribution < -0.4 is 9.47 Å². The number of ether oxygens (including phenoxy) is 2. The molecule has 0 unspecified atom stereocenters. The standard InChI is InChI=1S/C20H20N2O2/c1-14(2)24-20-19(21-17-6-4-5-7-18(17)22-20)13-10-15-8-11-16(23-3)12-9-15/h4-14H,1-3H3/b13-10+. The van der Waals surface area contributed by atoms with Crippen LogP contribution >= 0.6 is 0 Å². The van der Waals surface area contributed by atoms with E-state index in [9.17, 15) is 0 Å². The van der Waals surface area contributed by atoms with Crippen molar-refractivity contribution in [1.29, 1.82) is 0 Å². The summed E-state index contributed by atoms with van der Waals surface area (Å²) in [5.74, 6) is 1.38. The summed E-state index contributed by atoms with van der Waals surface area (Å²) in [5, 5.41) is 0. The molecule has 0 aliphatic heterocycles. The van der Waals surface area contributed by atoms with Gasteiger partial charge in [0.1, 0.15) is 11.4 Å². The summed E-state index contributed by atoms with van der Waals surface area (Å²) in [6, 6.07) is 15.6. The summed E-state index contributed by atoms with van der Waals surface area (Å²) in [7, 11) is 1.66. The zero-order chi connectivity index (χ0) is 16.9. The Morgan fingerprint density at radius 3 is 2.17 bits per heavy atom. The molecular weight excluding hydrogens is 300 g/mol. The van der Waals surface area contributed by atoms with Crippen molar-refractivity contribution in [1.82, 2.24) is 9.97 Å². The lowest BCUT2D eigenvalue weighted by Crippen LogP contribution is -2.09. The van der Waals surface area contributed by atoms with Crippen molar-refractivity contribution < 1.29 is 9.47 Å². The Morgan fingerprint density at radius 1 is 0.875 bits per heavy atom. The molecular formula is C20H20N2O2. The van der Waals surface area contributed by atoms with Crippen LogP contribution in [-0.2, 0) is 0 Å². The predicted molar refractivity (Wildman–Crippen MR) is 97.2 cm³/mol. The van der Waals surface area contributed by atoms with E-state index in [0.29, 0.717) is 5.88 Å². The van der Waals surface area contributed by atoms with Gasteiger partial charge < -0.3 is 9.47 Å². The molecule has 3 aromatic rings. The smallest absolute Gasteiger partial charge is 0.240 e. The minimum Gasteiger partial charge on any atom is -0.497 e. The fourth-order valence-electron chi connectivity index (χ4n) is 2.31. The number of nitrogens with zero attached hydrogens (tertiary/aromatic N) is 2. The zero-order valence-corrected chi connectivity index (χ0v) is 14.1. The lowest BCUT2D eigenvalue weighted by Gasteiger charge is -2.11. The number of hydrogen-bond donors (Lipinski definition) is 0. The number of hydrogen-bond acceptors (Lipinski definition) is 4. The number of rotatable bonds is 5. The molecule has 0 bridgehead atoms. The Kier molecular flexibility index (Phi) is 4.75. The van der Waals surface area contributed by atoms with E-state index in [0.717, 1.165) is 28.0 Å². The van der Waals surface area contributed by atoms with Crippen molar-refractivity contribution >= 4 is 23.2 Å². The van der Waals surface area contributed by atoms with Crippen LogP contribution in [0.3, 0.4) is 0 Å². The Bertz CT molecular complexity index is 855. The Morgan fingerprint density at radius 2 is 1.54 bits per heavy atom. The van der Waals surface area contributed by atoms with Crippen molar-refractivity contribution in [3.63, 3.8) is 0 Å². The molecule has 0 amide bonds. The molecule has 3 rings (SSSR count). The maximum Gasteiger partial charge on any atom is 0.240 e. The summed E-state index contributed by atoms with van der Waals surface area (Å²) in [5.41, 5.74) is 3.46. The van der Waals surface area contributed by atoms with E-state index in [1.165, 1.54) is 0 Å². The van der Waals surface area contributed by atoms with E-state index in [4.69, 9.17) is 9.47 Å². The Balaban J connectivity index is 1.97. The second kappa shape index (κ2) is 7.13. The average Bonchev–Trinajstić information content (AvgIpc) is 2.60. The summed E-state index contributed by atoms with van der Waals surface area (Å²) in [4.78, 5) is 9.28. The molecule has 0 fully saturated rings. The average molecular weight is 320 g/mol. The monoisotopic (exact) mass is 320 g/mol. The predicted octanol–water partition coefficient (Wildman–Crippen LogP) is 4.60. The molecule has 0 aliphatic rings. The van der Waals surface area contributed by atoms with Crippen molar-refractivity contribution in [3.8, 4) is 11.6 Å². The van der Waals surface area contributed by atoms with Crippen molar-refractivity contribution in [2.24, 2.45) is 0 Å². The van der Waals surface area contributed by atoms with Gasteiger partial charge in [-0.05, 0) is 49.8 Å². The third-order valence-corrected chi connectivity index (χ3v) is 3.46. The largest absolute Gasteiger partial charge is 0.497 e. The van der Waals surface area contributed by atoms with Gasteiger partial charge >= 0.3 is 0 Å². The van der Waals surface area contributed by atoms with Crippen molar-refractivity contribution in [3.05, 3.63) is 59.8 Å². The molecule has 4 heteroatoms. The molecule has 0 spiro atoms. The summed E-state index contributed by atoms with van der Waals surface area (Å²) >= 11 is 0. The first-order valence-corrected chi connectivity index (χ1v) is 7.91. The van der Waals surface area contributed by atoms with E-state index >= 15 is 0 Å². The maximum absolute atomic E-state index is 5.83. The SMILES string of the molecule is COc1ccc(/C=C/c2nc3ccccc3nc2OC(C)C)cc1. The normalized spacial score (nSPS) is 11.3. The first kappa shape index (κ1) is 16.0. The fourth-order valence-corrected chi connectivity index (χ4v) is 2.31. The lowest BCUT2D eigenvalue weighted by molar-refractivity contribution is 0.232. The van der Waals surface area contributed by atoms with Gasteiger partial charge in [-0.1, -0.05) is 30.3 Å². The molecule has 1 aromatic heterocycles. The minimum atomic E-state index is 0.0357. The third kappa shape index (κ3) is 3.71. The maximum atomic E-state index is 5.83. The second-order valence-electron chi connectivity index (χ2n) is 5.68. The third-order valence-electron chi connectivity index (χ3n) is 3.46. The van der Waals surface area contributed by atoms with Gasteiger partial charge in [-0.25, -0.2) is 9.97 Å². The molecule has 1 heterocycles. The number of benzene rings is 2. The summed E-state index contributed by atoms with van der Waals surface area (Å²) in [6.45, 7) is 3.96. The quantitative estimate of drug-likeness (QED) is 0.689. The first-order chi connectivity index (χ1) is 11.7. The van der Waals surface area contributed by atoms with E-state index in [2.05, 4.69) is 9.97 Å². The number of aromatic nitrogens is 2. The highest BCUT2D eigenvalue weighted by molar-refractivity contribution is 5.79. The number of fused-ring (bicyclic) bond motifs is 1. The van der Waals surface area contributed by atoms with Gasteiger partial charge in [-0.2, -0.15) is 0 Å². The molecule has 0 radical (unpaired) electrons. The van der Waals surface area contributed by atoms with Crippen LogP contribution in [0, 0.1) is 0 Å². The van der Waals surface area contributed by atoms with E-state index in [1.54, 1.807) is 7.11 Å². The van der Waals surface area contributed by atoms with Crippen LogP contribution in [0.5, 0.6) is 11.6 Å². The van der Waals surface area contributed by atoms with Gasteiger partial charge in [0, 0.05) is 0 Å². The number of para-hydroxylation sites is 2. The van der Waals surface area contributed by atoms with E-state index < -0.39 is 0 Å². The van der Waals surface area contributed by atoms with E-state index in [1.807, 2.05) is 74.5 Å². The molecule has 0 atom stereocenters. The summed E-state index contributed by atoms with van der Waals surface area (Å²) in [6.07, 6.45) is 3.96. The second-order valence-corrected chi connectivity index (χ2v) is 5.68. The molecule has 4 nitrogen and oxygen atoms in total. The van der Waals surface area contributed by atoms with Gasteiger partial charge in [0.15, 0.2) is 0 Å². The van der Waals surface area contributed by atoms with Crippen LogP contribution in [0.4, 0.5) is 0 Å². The van der Waals surface area contributed by atoms with Crippen LogP contribution in [0.15, 0.2) is 48.5 Å². The molecule has 0 aliphatic carbocycles. The molecule has 122 valence electrons. The highest BCUT2D eigenvalue weighted by Gasteiger charge is 2.09. The highest BCUT2D eigenvalue weighted by Crippen LogP contribution is 2.22. The molecule has 0 saturated carbocycles. The fraction of sp³-hybridized carbons (Fsp3) is 0.200. The molecule has 24 heavy (non-hydrogen) atoms. The van der Waals surface area contributed by atoms with Gasteiger partial charge in [-0.15, -0.1) is 0 Å². The van der Waals surface area contributed by atoms with Crippen LogP contribution in [-0.4, -0.2) is 23.2 Å². The van der Waals surface area contributed by atoms with Crippen LogP contribution in [0.25, 0.3) is 23.2 Å². The van der Waals surface area contributed by atoms with E-state index in [-0.39, 0.29) is 6.10 Å². The van der Waals surface area contributed by atoms with Gasteiger partial charge in [0.25, 0.3) is 0 Å². The van der Waals surface area contributed by atoms with Gasteiger partial charge in [0.2, 0.25) is 5.88 Å². The molecule has 2 aromatic carbocycles. The summed E-state index contributed by atoms with van der Waals surface area (Å²) < 4.78 is 11.0. The molecule has 0 saturated heterocycles. The first-order valence-electron chi connectivity index (χ1n) is 7.91. The molecule has 0 N–H and O–H groups in total.